The van der Waals surface area contributed by atoms with Crippen LogP contribution in [0.2, 0.25) is 0 Å². The number of fused-ring (bicyclic) bond motifs is 1. The van der Waals surface area contributed by atoms with E-state index in [0.717, 1.165) is 17.7 Å². The summed E-state index contributed by atoms with van der Waals surface area (Å²) in [5.41, 5.74) is 2.19. The van der Waals surface area contributed by atoms with Gasteiger partial charge in [-0.3, -0.25) is 0 Å². The molecule has 0 radical (unpaired) electrons. The monoisotopic (exact) mass is 271 g/mol. The zero-order chi connectivity index (χ0) is 14.2. The van der Waals surface area contributed by atoms with Gasteiger partial charge in [-0.05, 0) is 42.7 Å². The highest BCUT2D eigenvalue weighted by Gasteiger charge is 2.36. The molecule has 0 fully saturated rings. The Morgan fingerprint density at radius 3 is 2.80 bits per heavy atom. The van der Waals surface area contributed by atoms with Gasteiger partial charge in [-0.2, -0.15) is 0 Å². The van der Waals surface area contributed by atoms with Gasteiger partial charge in [-0.25, -0.2) is 4.39 Å². The largest absolute Gasteiger partial charge is 0.388 e. The van der Waals surface area contributed by atoms with Gasteiger partial charge in [0.2, 0.25) is 0 Å². The molecule has 2 atom stereocenters. The van der Waals surface area contributed by atoms with Crippen LogP contribution in [-0.4, -0.2) is 16.7 Å². The van der Waals surface area contributed by atoms with Gasteiger partial charge >= 0.3 is 0 Å². The predicted octanol–water partition coefficient (Wildman–Crippen LogP) is 3.16. The van der Waals surface area contributed by atoms with Gasteiger partial charge in [0.05, 0.1) is 11.6 Å². The first-order chi connectivity index (χ1) is 9.54. The van der Waals surface area contributed by atoms with E-state index in [1.807, 2.05) is 24.3 Å². The Balaban J connectivity index is 1.77. The number of aliphatic hydroxyl groups is 1. The molecule has 2 unspecified atom stereocenters. The van der Waals surface area contributed by atoms with E-state index in [4.69, 9.17) is 0 Å². The number of anilines is 1. The Morgan fingerprint density at radius 2 is 2.05 bits per heavy atom. The average Bonchev–Trinajstić information content (AvgIpc) is 2.82. The number of para-hydroxylation sites is 1. The highest BCUT2D eigenvalue weighted by atomic mass is 19.1. The van der Waals surface area contributed by atoms with Crippen molar-refractivity contribution in [2.45, 2.75) is 31.4 Å². The minimum atomic E-state index is -0.924. The van der Waals surface area contributed by atoms with Crippen molar-refractivity contribution in [2.75, 3.05) is 5.32 Å². The first-order valence-corrected chi connectivity index (χ1v) is 6.86. The van der Waals surface area contributed by atoms with Gasteiger partial charge in [-0.15, -0.1) is 0 Å². The average molecular weight is 271 g/mol. The van der Waals surface area contributed by atoms with E-state index in [2.05, 4.69) is 11.4 Å². The van der Waals surface area contributed by atoms with Crippen LogP contribution in [0.4, 0.5) is 10.1 Å². The highest BCUT2D eigenvalue weighted by Crippen LogP contribution is 2.32. The molecule has 3 heteroatoms. The number of hydrogen-bond donors (Lipinski definition) is 2. The Labute approximate surface area is 118 Å². The van der Waals surface area contributed by atoms with Gasteiger partial charge in [0.25, 0.3) is 0 Å². The molecule has 0 aliphatic carbocycles. The minimum Gasteiger partial charge on any atom is -0.388 e. The Kier molecular flexibility index (Phi) is 3.22. The predicted molar refractivity (Wildman–Crippen MR) is 78.3 cm³/mol. The van der Waals surface area contributed by atoms with E-state index in [9.17, 15) is 9.50 Å². The standard InChI is InChI=1S/C17H18FNO/c1-17(20,11-12-5-4-7-14(18)9-12)16-10-13-6-2-3-8-15(13)19-16/h2-9,16,19-20H,10-11H2,1H3. The zero-order valence-corrected chi connectivity index (χ0v) is 11.4. The van der Waals surface area contributed by atoms with Crippen molar-refractivity contribution in [3.63, 3.8) is 0 Å². The number of benzene rings is 2. The SMILES string of the molecule is CC(O)(Cc1cccc(F)c1)C1Cc2ccccc2N1. The van der Waals surface area contributed by atoms with Crippen LogP contribution in [-0.2, 0) is 12.8 Å². The second-order valence-electron chi connectivity index (χ2n) is 5.72. The maximum Gasteiger partial charge on any atom is 0.123 e. The number of hydrogen-bond acceptors (Lipinski definition) is 2. The molecule has 0 saturated carbocycles. The molecule has 2 aromatic rings. The lowest BCUT2D eigenvalue weighted by atomic mass is 9.87. The number of halogens is 1. The van der Waals surface area contributed by atoms with E-state index in [-0.39, 0.29) is 11.9 Å². The third-order valence-corrected chi connectivity index (χ3v) is 3.97. The summed E-state index contributed by atoms with van der Waals surface area (Å²) in [6, 6.07) is 14.5. The Bertz CT molecular complexity index is 599. The van der Waals surface area contributed by atoms with Gasteiger partial charge in [0.1, 0.15) is 5.82 Å². The topological polar surface area (TPSA) is 32.3 Å². The summed E-state index contributed by atoms with van der Waals surface area (Å²) in [7, 11) is 0. The summed E-state index contributed by atoms with van der Waals surface area (Å²) in [6.45, 7) is 1.81. The molecule has 20 heavy (non-hydrogen) atoms. The van der Waals surface area contributed by atoms with E-state index in [1.54, 1.807) is 13.0 Å². The molecule has 1 heterocycles. The molecule has 1 aliphatic heterocycles. The molecule has 0 bridgehead atoms. The first-order valence-electron chi connectivity index (χ1n) is 6.86. The van der Waals surface area contributed by atoms with Crippen molar-refractivity contribution < 1.29 is 9.50 Å². The first kappa shape index (κ1) is 13.1. The fraction of sp³-hybridized carbons (Fsp3) is 0.294. The molecule has 2 aromatic carbocycles. The van der Waals surface area contributed by atoms with Gasteiger partial charge in [0.15, 0.2) is 0 Å². The fourth-order valence-electron chi connectivity index (χ4n) is 2.86. The van der Waals surface area contributed by atoms with Crippen molar-refractivity contribution in [3.8, 4) is 0 Å². The quantitative estimate of drug-likeness (QED) is 0.898. The van der Waals surface area contributed by atoms with Crippen LogP contribution < -0.4 is 5.32 Å². The number of nitrogens with one attached hydrogen (secondary N) is 1. The molecule has 0 aromatic heterocycles. The summed E-state index contributed by atoms with van der Waals surface area (Å²) >= 11 is 0. The third-order valence-electron chi connectivity index (χ3n) is 3.97. The molecule has 0 spiro atoms. The van der Waals surface area contributed by atoms with Gasteiger partial charge < -0.3 is 10.4 Å². The Morgan fingerprint density at radius 1 is 1.25 bits per heavy atom. The van der Waals surface area contributed by atoms with Crippen LogP contribution in [0.1, 0.15) is 18.1 Å². The summed E-state index contributed by atoms with van der Waals surface area (Å²) < 4.78 is 13.2. The van der Waals surface area contributed by atoms with Crippen molar-refractivity contribution in [3.05, 3.63) is 65.5 Å². The Hall–Kier alpha value is -1.87. The van der Waals surface area contributed by atoms with Crippen LogP contribution in [0.3, 0.4) is 0 Å². The van der Waals surface area contributed by atoms with Crippen molar-refractivity contribution in [1.82, 2.24) is 0 Å². The lowest BCUT2D eigenvalue weighted by Gasteiger charge is -2.30. The third kappa shape index (κ3) is 2.54. The second-order valence-corrected chi connectivity index (χ2v) is 5.72. The molecule has 1 aliphatic rings. The van der Waals surface area contributed by atoms with Gasteiger partial charge in [0, 0.05) is 12.1 Å². The minimum absolute atomic E-state index is 0.0526. The number of rotatable bonds is 3. The van der Waals surface area contributed by atoms with Crippen LogP contribution >= 0.6 is 0 Å². The van der Waals surface area contributed by atoms with Crippen molar-refractivity contribution >= 4 is 5.69 Å². The van der Waals surface area contributed by atoms with Crippen molar-refractivity contribution in [1.29, 1.82) is 0 Å². The van der Waals surface area contributed by atoms with E-state index in [0.29, 0.717) is 6.42 Å². The van der Waals surface area contributed by atoms with Crippen molar-refractivity contribution in [2.24, 2.45) is 0 Å². The van der Waals surface area contributed by atoms with Gasteiger partial charge in [-0.1, -0.05) is 30.3 Å². The zero-order valence-electron chi connectivity index (χ0n) is 11.4. The van der Waals surface area contributed by atoms with Crippen LogP contribution in [0.25, 0.3) is 0 Å². The van der Waals surface area contributed by atoms with Crippen LogP contribution in [0, 0.1) is 5.82 Å². The van der Waals surface area contributed by atoms with Crippen LogP contribution in [0.15, 0.2) is 48.5 Å². The summed E-state index contributed by atoms with van der Waals surface area (Å²) in [5.74, 6) is -0.263. The summed E-state index contributed by atoms with van der Waals surface area (Å²) in [6.07, 6.45) is 1.22. The maximum atomic E-state index is 13.2. The smallest absolute Gasteiger partial charge is 0.123 e. The summed E-state index contributed by atoms with van der Waals surface area (Å²) in [5, 5.41) is 14.1. The molecule has 2 nitrogen and oxygen atoms in total. The lowest BCUT2D eigenvalue weighted by molar-refractivity contribution is 0.0419. The molecule has 3 rings (SSSR count). The normalized spacial score (nSPS) is 20.1. The molecule has 2 N–H and O–H groups in total. The second kappa shape index (κ2) is 4.91. The molecule has 0 saturated heterocycles. The molecule has 0 amide bonds. The van der Waals surface area contributed by atoms with E-state index in [1.165, 1.54) is 17.7 Å². The van der Waals surface area contributed by atoms with Crippen LogP contribution in [0.5, 0.6) is 0 Å². The summed E-state index contributed by atoms with van der Waals surface area (Å²) in [4.78, 5) is 0. The fourth-order valence-corrected chi connectivity index (χ4v) is 2.86. The van der Waals surface area contributed by atoms with E-state index >= 15 is 0 Å². The maximum absolute atomic E-state index is 13.2. The molecular weight excluding hydrogens is 253 g/mol. The highest BCUT2D eigenvalue weighted by molar-refractivity contribution is 5.57. The lowest BCUT2D eigenvalue weighted by Crippen LogP contribution is -2.45. The molecule has 104 valence electrons. The molecular formula is C17H18FNO. The van der Waals surface area contributed by atoms with E-state index < -0.39 is 5.60 Å².